The van der Waals surface area contributed by atoms with Crippen LogP contribution in [-0.2, 0) is 4.74 Å². The number of rotatable bonds is 4. The van der Waals surface area contributed by atoms with Crippen LogP contribution < -0.4 is 5.32 Å². The average molecular weight is 197 g/mol. The highest BCUT2D eigenvalue weighted by Gasteiger charge is 2.36. The van der Waals surface area contributed by atoms with Crippen LogP contribution in [0.1, 0.15) is 45.4 Å². The van der Waals surface area contributed by atoms with Gasteiger partial charge in [0.2, 0.25) is 0 Å². The number of hydrogen-bond acceptors (Lipinski definition) is 2. The van der Waals surface area contributed by atoms with E-state index in [0.717, 1.165) is 31.2 Å². The molecule has 1 saturated heterocycles. The van der Waals surface area contributed by atoms with Crippen molar-refractivity contribution < 1.29 is 4.74 Å². The molecule has 1 aliphatic carbocycles. The van der Waals surface area contributed by atoms with Crippen LogP contribution in [0.15, 0.2) is 0 Å². The summed E-state index contributed by atoms with van der Waals surface area (Å²) in [6.07, 6.45) is 7.95. The molecular formula is C12H23NO. The van der Waals surface area contributed by atoms with Crippen LogP contribution in [0.5, 0.6) is 0 Å². The minimum atomic E-state index is 0.740. The zero-order chi connectivity index (χ0) is 9.80. The van der Waals surface area contributed by atoms with Gasteiger partial charge >= 0.3 is 0 Å². The van der Waals surface area contributed by atoms with Crippen LogP contribution in [0.25, 0.3) is 0 Å². The van der Waals surface area contributed by atoms with Gasteiger partial charge in [-0.3, -0.25) is 0 Å². The monoisotopic (exact) mass is 197 g/mol. The van der Waals surface area contributed by atoms with E-state index in [0.29, 0.717) is 0 Å². The molecule has 14 heavy (non-hydrogen) atoms. The van der Waals surface area contributed by atoms with Gasteiger partial charge in [-0.2, -0.15) is 0 Å². The third kappa shape index (κ3) is 2.96. The molecule has 1 N–H and O–H groups in total. The van der Waals surface area contributed by atoms with Crippen molar-refractivity contribution in [1.82, 2.24) is 5.32 Å². The molecule has 3 atom stereocenters. The van der Waals surface area contributed by atoms with Crippen molar-refractivity contribution >= 4 is 0 Å². The van der Waals surface area contributed by atoms with E-state index in [-0.39, 0.29) is 0 Å². The average Bonchev–Trinajstić information content (AvgIpc) is 2.93. The van der Waals surface area contributed by atoms with Crippen LogP contribution in [0.3, 0.4) is 0 Å². The second-order valence-corrected chi connectivity index (χ2v) is 4.80. The lowest BCUT2D eigenvalue weighted by molar-refractivity contribution is 0.142. The van der Waals surface area contributed by atoms with E-state index >= 15 is 0 Å². The molecule has 0 aromatic heterocycles. The standard InChI is InChI=1S/C12H23NO/c1-2-4-10-9-12(10)13-11-5-3-7-14-8-6-11/h10-13H,2-9H2,1H3. The molecule has 0 bridgehead atoms. The zero-order valence-electron chi connectivity index (χ0n) is 9.30. The maximum atomic E-state index is 5.46. The van der Waals surface area contributed by atoms with Gasteiger partial charge in [-0.1, -0.05) is 13.3 Å². The topological polar surface area (TPSA) is 21.3 Å². The normalized spacial score (nSPS) is 37.9. The number of nitrogens with one attached hydrogen (secondary N) is 1. The molecule has 2 nitrogen and oxygen atoms in total. The van der Waals surface area contributed by atoms with Gasteiger partial charge in [-0.25, -0.2) is 0 Å². The molecule has 0 spiro atoms. The van der Waals surface area contributed by atoms with Gasteiger partial charge < -0.3 is 10.1 Å². The van der Waals surface area contributed by atoms with E-state index < -0.39 is 0 Å². The molecule has 1 aliphatic heterocycles. The van der Waals surface area contributed by atoms with E-state index in [2.05, 4.69) is 12.2 Å². The van der Waals surface area contributed by atoms with E-state index in [1.807, 2.05) is 0 Å². The first kappa shape index (κ1) is 10.4. The highest BCUT2D eigenvalue weighted by Crippen LogP contribution is 2.35. The second-order valence-electron chi connectivity index (χ2n) is 4.80. The van der Waals surface area contributed by atoms with Crippen LogP contribution in [0, 0.1) is 5.92 Å². The first-order valence-electron chi connectivity index (χ1n) is 6.24. The summed E-state index contributed by atoms with van der Waals surface area (Å²) in [6, 6.07) is 1.59. The minimum absolute atomic E-state index is 0.740. The summed E-state index contributed by atoms with van der Waals surface area (Å²) in [6.45, 7) is 4.22. The van der Waals surface area contributed by atoms with Gasteiger partial charge in [0.1, 0.15) is 0 Å². The highest BCUT2D eigenvalue weighted by molar-refractivity contribution is 4.94. The second kappa shape index (κ2) is 5.13. The van der Waals surface area contributed by atoms with Gasteiger partial charge in [0, 0.05) is 25.3 Å². The van der Waals surface area contributed by atoms with E-state index in [4.69, 9.17) is 4.74 Å². The Morgan fingerprint density at radius 1 is 1.29 bits per heavy atom. The summed E-state index contributed by atoms with van der Waals surface area (Å²) in [4.78, 5) is 0. The molecule has 0 aromatic rings. The van der Waals surface area contributed by atoms with E-state index in [1.54, 1.807) is 0 Å². The fraction of sp³-hybridized carbons (Fsp3) is 1.00. The Hall–Kier alpha value is -0.0800. The Labute approximate surface area is 87.4 Å². The molecule has 1 saturated carbocycles. The van der Waals surface area contributed by atoms with Crippen molar-refractivity contribution in [3.63, 3.8) is 0 Å². The fourth-order valence-electron chi connectivity index (χ4n) is 2.51. The molecule has 2 fully saturated rings. The van der Waals surface area contributed by atoms with E-state index in [1.165, 1.54) is 38.5 Å². The predicted molar refractivity (Wildman–Crippen MR) is 58.4 cm³/mol. The van der Waals surface area contributed by atoms with Crippen molar-refractivity contribution in [3.8, 4) is 0 Å². The van der Waals surface area contributed by atoms with Crippen LogP contribution >= 0.6 is 0 Å². The smallest absolute Gasteiger partial charge is 0.0480 e. The van der Waals surface area contributed by atoms with Crippen LogP contribution in [0.4, 0.5) is 0 Å². The Morgan fingerprint density at radius 3 is 3.07 bits per heavy atom. The lowest BCUT2D eigenvalue weighted by Gasteiger charge is -2.15. The Balaban J connectivity index is 1.65. The molecule has 0 aromatic carbocycles. The molecular weight excluding hydrogens is 174 g/mol. The maximum Gasteiger partial charge on any atom is 0.0480 e. The zero-order valence-corrected chi connectivity index (χ0v) is 9.30. The largest absolute Gasteiger partial charge is 0.381 e. The van der Waals surface area contributed by atoms with Crippen molar-refractivity contribution in [3.05, 3.63) is 0 Å². The van der Waals surface area contributed by atoms with Gasteiger partial charge in [-0.15, -0.1) is 0 Å². The summed E-state index contributed by atoms with van der Waals surface area (Å²) in [5.41, 5.74) is 0. The first-order valence-corrected chi connectivity index (χ1v) is 6.24. The molecule has 3 unspecified atom stereocenters. The molecule has 82 valence electrons. The third-order valence-corrected chi connectivity index (χ3v) is 3.48. The van der Waals surface area contributed by atoms with Crippen molar-refractivity contribution in [2.45, 2.75) is 57.5 Å². The Morgan fingerprint density at radius 2 is 2.21 bits per heavy atom. The summed E-state index contributed by atoms with van der Waals surface area (Å²) in [7, 11) is 0. The van der Waals surface area contributed by atoms with Crippen molar-refractivity contribution in [2.24, 2.45) is 5.92 Å². The molecule has 2 aliphatic rings. The lowest BCUT2D eigenvalue weighted by atomic mass is 10.1. The van der Waals surface area contributed by atoms with Gasteiger partial charge in [-0.05, 0) is 38.0 Å². The third-order valence-electron chi connectivity index (χ3n) is 3.48. The van der Waals surface area contributed by atoms with Gasteiger partial charge in [0.05, 0.1) is 0 Å². The van der Waals surface area contributed by atoms with Crippen molar-refractivity contribution in [1.29, 1.82) is 0 Å². The minimum Gasteiger partial charge on any atom is -0.381 e. The Bertz CT molecular complexity index is 164. The van der Waals surface area contributed by atoms with Crippen LogP contribution in [-0.4, -0.2) is 25.3 Å². The Kier molecular flexibility index (Phi) is 3.82. The molecule has 2 heteroatoms. The number of ether oxygens (including phenoxy) is 1. The van der Waals surface area contributed by atoms with Gasteiger partial charge in [0.25, 0.3) is 0 Å². The molecule has 0 amide bonds. The highest BCUT2D eigenvalue weighted by atomic mass is 16.5. The lowest BCUT2D eigenvalue weighted by Crippen LogP contribution is -2.32. The molecule has 2 rings (SSSR count). The first-order chi connectivity index (χ1) is 6.90. The summed E-state index contributed by atoms with van der Waals surface area (Å²) >= 11 is 0. The van der Waals surface area contributed by atoms with Gasteiger partial charge in [0.15, 0.2) is 0 Å². The molecule has 1 heterocycles. The maximum absolute atomic E-state index is 5.46. The van der Waals surface area contributed by atoms with Crippen molar-refractivity contribution in [2.75, 3.05) is 13.2 Å². The van der Waals surface area contributed by atoms with Crippen LogP contribution in [0.2, 0.25) is 0 Å². The fourth-order valence-corrected chi connectivity index (χ4v) is 2.51. The number of hydrogen-bond donors (Lipinski definition) is 1. The quantitative estimate of drug-likeness (QED) is 0.747. The van der Waals surface area contributed by atoms with E-state index in [9.17, 15) is 0 Å². The summed E-state index contributed by atoms with van der Waals surface area (Å²) < 4.78 is 5.46. The summed E-state index contributed by atoms with van der Waals surface area (Å²) in [5.74, 6) is 0.990. The SMILES string of the molecule is CCCC1CC1NC1CCCOCC1. The predicted octanol–water partition coefficient (Wildman–Crippen LogP) is 2.33. The summed E-state index contributed by atoms with van der Waals surface area (Å²) in [5, 5.41) is 3.79. The molecule has 0 radical (unpaired) electrons.